The van der Waals surface area contributed by atoms with Gasteiger partial charge in [-0.25, -0.2) is 9.97 Å². The molecule has 8 rings (SSSR count). The molecule has 2 N–H and O–H groups in total. The van der Waals surface area contributed by atoms with Crippen molar-refractivity contribution in [1.82, 2.24) is 19.9 Å². The van der Waals surface area contributed by atoms with Crippen molar-refractivity contribution in [3.05, 3.63) is 107 Å². The van der Waals surface area contributed by atoms with Crippen molar-refractivity contribution in [2.75, 3.05) is 31.1 Å². The van der Waals surface area contributed by atoms with Gasteiger partial charge in [0.05, 0.1) is 12.3 Å². The zero-order chi connectivity index (χ0) is 31.2. The van der Waals surface area contributed by atoms with Crippen molar-refractivity contribution in [3.63, 3.8) is 0 Å². The molecule has 0 spiro atoms. The normalized spacial score (nSPS) is 18.7. The lowest BCUT2D eigenvalue weighted by Crippen LogP contribution is -2.34. The van der Waals surface area contributed by atoms with Crippen molar-refractivity contribution in [2.24, 2.45) is 0 Å². The SMILES string of the molecule is Cc1c(-c2ncnc3[nH]c(-c4ccc(C5CCN(CCO)CC5)cc4)cc23)cccc1N1C=Cc2cc(C3CC3)ccc2C1C=O. The van der Waals surface area contributed by atoms with Crippen LogP contribution in [0.15, 0.2) is 79.3 Å². The summed E-state index contributed by atoms with van der Waals surface area (Å²) >= 11 is 0. The smallest absolute Gasteiger partial charge is 0.147 e. The summed E-state index contributed by atoms with van der Waals surface area (Å²) in [6.07, 6.45) is 11.6. The number of anilines is 1. The van der Waals surface area contributed by atoms with E-state index in [2.05, 4.69) is 99.6 Å². The summed E-state index contributed by atoms with van der Waals surface area (Å²) in [5.41, 5.74) is 11.8. The molecule has 1 saturated carbocycles. The van der Waals surface area contributed by atoms with Crippen LogP contribution in [-0.2, 0) is 4.79 Å². The first-order valence-electron chi connectivity index (χ1n) is 16.5. The molecule has 232 valence electrons. The average Bonchev–Trinajstić information content (AvgIpc) is 3.86. The molecule has 2 fully saturated rings. The molecule has 2 aliphatic heterocycles. The molecule has 7 heteroatoms. The second-order valence-corrected chi connectivity index (χ2v) is 13.0. The number of fused-ring (bicyclic) bond motifs is 2. The van der Waals surface area contributed by atoms with Gasteiger partial charge in [-0.05, 0) is 109 Å². The Balaban J connectivity index is 1.08. The first-order valence-corrected chi connectivity index (χ1v) is 16.5. The number of carbonyl (C=O) groups is 1. The summed E-state index contributed by atoms with van der Waals surface area (Å²) in [4.78, 5) is 29.9. The Kier molecular flexibility index (Phi) is 7.51. The maximum Gasteiger partial charge on any atom is 0.147 e. The third-order valence-corrected chi connectivity index (χ3v) is 10.3. The van der Waals surface area contributed by atoms with Gasteiger partial charge < -0.3 is 24.7 Å². The Morgan fingerprint density at radius 1 is 0.935 bits per heavy atom. The van der Waals surface area contributed by atoms with Crippen LogP contribution < -0.4 is 4.90 Å². The predicted molar refractivity (Wildman–Crippen MR) is 184 cm³/mol. The summed E-state index contributed by atoms with van der Waals surface area (Å²) in [7, 11) is 0. The third kappa shape index (κ3) is 5.23. The second-order valence-electron chi connectivity index (χ2n) is 13.0. The number of β-amino-alcohol motifs (C(OH)–C–C–N with tert-alkyl or cyclic N) is 1. The van der Waals surface area contributed by atoms with Crippen molar-refractivity contribution in [1.29, 1.82) is 0 Å². The summed E-state index contributed by atoms with van der Waals surface area (Å²) < 4.78 is 0. The van der Waals surface area contributed by atoms with Crippen molar-refractivity contribution < 1.29 is 9.90 Å². The fourth-order valence-corrected chi connectivity index (χ4v) is 7.49. The number of aromatic amines is 1. The number of aromatic nitrogens is 3. The van der Waals surface area contributed by atoms with Crippen LogP contribution in [0.5, 0.6) is 0 Å². The zero-order valence-electron chi connectivity index (χ0n) is 26.2. The van der Waals surface area contributed by atoms with Crippen LogP contribution in [0.3, 0.4) is 0 Å². The molecule has 7 nitrogen and oxygen atoms in total. The largest absolute Gasteiger partial charge is 0.395 e. The van der Waals surface area contributed by atoms with E-state index in [1.54, 1.807) is 6.33 Å². The minimum absolute atomic E-state index is 0.229. The number of hydrogen-bond acceptors (Lipinski definition) is 6. The molecule has 1 atom stereocenters. The highest BCUT2D eigenvalue weighted by Gasteiger charge is 2.29. The Bertz CT molecular complexity index is 1930. The van der Waals surface area contributed by atoms with E-state index in [0.29, 0.717) is 11.8 Å². The van der Waals surface area contributed by atoms with Crippen LogP contribution >= 0.6 is 0 Å². The highest BCUT2D eigenvalue weighted by molar-refractivity contribution is 5.96. The van der Waals surface area contributed by atoms with Gasteiger partial charge in [-0.2, -0.15) is 0 Å². The summed E-state index contributed by atoms with van der Waals surface area (Å²) in [5.74, 6) is 1.23. The highest BCUT2D eigenvalue weighted by atomic mass is 16.3. The molecule has 46 heavy (non-hydrogen) atoms. The van der Waals surface area contributed by atoms with Crippen LogP contribution in [0.2, 0.25) is 0 Å². The van der Waals surface area contributed by atoms with Crippen molar-refractivity contribution in [3.8, 4) is 22.5 Å². The topological polar surface area (TPSA) is 85.3 Å². The van der Waals surface area contributed by atoms with Crippen LogP contribution in [0.25, 0.3) is 39.6 Å². The van der Waals surface area contributed by atoms with Crippen LogP contribution in [0, 0.1) is 6.92 Å². The molecule has 1 saturated heterocycles. The van der Waals surface area contributed by atoms with Crippen molar-refractivity contribution >= 4 is 29.1 Å². The number of aldehydes is 1. The summed E-state index contributed by atoms with van der Waals surface area (Å²) in [6.45, 7) is 5.18. The van der Waals surface area contributed by atoms with Gasteiger partial charge in [-0.15, -0.1) is 0 Å². The average molecular weight is 610 g/mol. The Morgan fingerprint density at radius 2 is 1.72 bits per heavy atom. The maximum atomic E-state index is 12.6. The third-order valence-electron chi connectivity index (χ3n) is 10.3. The van der Waals surface area contributed by atoms with Crippen LogP contribution in [0.4, 0.5) is 5.69 Å². The van der Waals surface area contributed by atoms with E-state index in [0.717, 1.165) is 94.7 Å². The van der Waals surface area contributed by atoms with Gasteiger partial charge in [0.2, 0.25) is 0 Å². The summed E-state index contributed by atoms with van der Waals surface area (Å²) in [6, 6.07) is 23.5. The second kappa shape index (κ2) is 12.0. The zero-order valence-corrected chi connectivity index (χ0v) is 26.2. The molecular weight excluding hydrogens is 570 g/mol. The van der Waals surface area contributed by atoms with E-state index in [9.17, 15) is 9.90 Å². The van der Waals surface area contributed by atoms with E-state index < -0.39 is 0 Å². The first kappa shape index (κ1) is 28.9. The molecule has 0 amide bonds. The Hall–Kier alpha value is -4.59. The lowest BCUT2D eigenvalue weighted by molar-refractivity contribution is -0.109. The van der Waals surface area contributed by atoms with Gasteiger partial charge in [0, 0.05) is 35.1 Å². The van der Waals surface area contributed by atoms with Gasteiger partial charge in [0.1, 0.15) is 24.3 Å². The number of piperidine rings is 1. The van der Waals surface area contributed by atoms with Gasteiger partial charge in [-0.1, -0.05) is 54.6 Å². The monoisotopic (exact) mass is 609 g/mol. The van der Waals surface area contributed by atoms with Gasteiger partial charge in [0.25, 0.3) is 0 Å². The van der Waals surface area contributed by atoms with E-state index in [4.69, 9.17) is 4.98 Å². The summed E-state index contributed by atoms with van der Waals surface area (Å²) in [5, 5.41) is 10.2. The number of benzene rings is 3. The van der Waals surface area contributed by atoms with E-state index in [-0.39, 0.29) is 12.6 Å². The van der Waals surface area contributed by atoms with Crippen LogP contribution in [-0.4, -0.2) is 57.5 Å². The Morgan fingerprint density at radius 3 is 2.48 bits per heavy atom. The molecule has 2 aromatic heterocycles. The molecule has 5 aromatic rings. The minimum atomic E-state index is -0.387. The number of carbonyl (C=O) groups excluding carboxylic acids is 1. The molecule has 1 aliphatic carbocycles. The number of rotatable bonds is 8. The standard InChI is InChI=1S/C39H39N5O2/c1-25-32(3-2-4-36(25)44-18-15-31-21-30(27-5-6-27)11-12-33(31)37(44)23-46)38-34-22-35(42-39(34)41-24-40-38)29-9-7-26(8-10-29)28-13-16-43(17-14-28)19-20-45/h2-4,7-12,15,18,21-24,27-28,37,45H,5-6,13-14,16-17,19-20H2,1H3,(H,40,41,42). The number of likely N-dealkylation sites (tertiary alicyclic amines) is 1. The fraction of sp³-hybridized carbons (Fsp3) is 0.308. The quantitative estimate of drug-likeness (QED) is 0.179. The van der Waals surface area contributed by atoms with E-state index in [1.807, 2.05) is 6.07 Å². The fourth-order valence-electron chi connectivity index (χ4n) is 7.49. The number of aliphatic hydroxyl groups excluding tert-OH is 1. The molecule has 0 radical (unpaired) electrons. The molecule has 4 heterocycles. The minimum Gasteiger partial charge on any atom is -0.395 e. The van der Waals surface area contributed by atoms with E-state index in [1.165, 1.54) is 24.0 Å². The molecular formula is C39H39N5O2. The van der Waals surface area contributed by atoms with Crippen LogP contribution in [0.1, 0.15) is 71.4 Å². The van der Waals surface area contributed by atoms with E-state index >= 15 is 0 Å². The number of hydrogen-bond donors (Lipinski definition) is 2. The van der Waals surface area contributed by atoms with Gasteiger partial charge in [0.15, 0.2) is 0 Å². The van der Waals surface area contributed by atoms with Crippen molar-refractivity contribution in [2.45, 2.75) is 50.5 Å². The number of H-pyrrole nitrogens is 1. The molecule has 3 aliphatic rings. The lowest BCUT2D eigenvalue weighted by Gasteiger charge is -2.33. The lowest BCUT2D eigenvalue weighted by atomic mass is 9.89. The Labute approximate surface area is 269 Å². The molecule has 1 unspecified atom stereocenters. The highest BCUT2D eigenvalue weighted by Crippen LogP contribution is 2.44. The molecule has 3 aromatic carbocycles. The first-order chi connectivity index (χ1) is 22.6. The number of nitrogens with zero attached hydrogens (tertiary/aromatic N) is 4. The number of nitrogens with one attached hydrogen (secondary N) is 1. The van der Waals surface area contributed by atoms with Gasteiger partial charge in [-0.3, -0.25) is 0 Å². The molecule has 0 bridgehead atoms. The number of aliphatic hydroxyl groups is 1. The van der Waals surface area contributed by atoms with Gasteiger partial charge >= 0.3 is 0 Å². The maximum absolute atomic E-state index is 12.6. The predicted octanol–water partition coefficient (Wildman–Crippen LogP) is 7.38.